The van der Waals surface area contributed by atoms with E-state index in [-0.39, 0.29) is 23.9 Å². The van der Waals surface area contributed by atoms with Crippen molar-refractivity contribution in [3.63, 3.8) is 0 Å². The third kappa shape index (κ3) is 5.14. The lowest BCUT2D eigenvalue weighted by atomic mass is 10.0. The van der Waals surface area contributed by atoms with E-state index in [0.29, 0.717) is 28.7 Å². The van der Waals surface area contributed by atoms with Crippen LogP contribution in [0.15, 0.2) is 89.5 Å². The van der Waals surface area contributed by atoms with Crippen LogP contribution in [-0.4, -0.2) is 38.5 Å². The zero-order chi connectivity index (χ0) is 26.6. The fourth-order valence-electron chi connectivity index (χ4n) is 4.64. The van der Waals surface area contributed by atoms with E-state index in [9.17, 15) is 14.7 Å². The first-order valence-electron chi connectivity index (χ1n) is 12.2. The van der Waals surface area contributed by atoms with E-state index in [0.717, 1.165) is 16.9 Å². The fraction of sp³-hybridized carbons (Fsp3) is 0.172. The zero-order valence-corrected chi connectivity index (χ0v) is 21.4. The molecule has 3 N–H and O–H groups in total. The molecule has 0 bridgehead atoms. The van der Waals surface area contributed by atoms with Gasteiger partial charge in [-0.25, -0.2) is 4.79 Å². The molecule has 2 aromatic carbocycles. The summed E-state index contributed by atoms with van der Waals surface area (Å²) in [6.45, 7) is 2.29. The van der Waals surface area contributed by atoms with Crippen LogP contribution in [-0.2, 0) is 4.79 Å². The molecule has 0 radical (unpaired) electrons. The maximum Gasteiger partial charge on any atom is 0.336 e. The van der Waals surface area contributed by atoms with E-state index in [2.05, 4.69) is 15.6 Å². The minimum atomic E-state index is -1.03. The summed E-state index contributed by atoms with van der Waals surface area (Å²) in [5, 5.41) is 16.4. The number of carboxylic acid groups (broad SMARTS) is 1. The highest BCUT2D eigenvalue weighted by atomic mass is 32.1. The Hall–Kier alpha value is -4.50. The SMILES string of the molecule is Cc1ccccc1NC(=O)CCN1C(=S)N[C@H](c2ccccn2)[C@@H]1c1ccc(-c2ccccc2C(=O)O)o1. The minimum Gasteiger partial charge on any atom is -0.478 e. The number of amides is 1. The first kappa shape index (κ1) is 25.2. The van der Waals surface area contributed by atoms with Gasteiger partial charge in [0, 0.05) is 30.4 Å². The highest BCUT2D eigenvalue weighted by molar-refractivity contribution is 7.80. The van der Waals surface area contributed by atoms with Crippen LogP contribution in [0.3, 0.4) is 0 Å². The van der Waals surface area contributed by atoms with E-state index >= 15 is 0 Å². The summed E-state index contributed by atoms with van der Waals surface area (Å²) in [6.07, 6.45) is 1.92. The molecule has 8 nitrogen and oxygen atoms in total. The number of carbonyl (C=O) groups is 2. The molecule has 0 saturated carbocycles. The lowest BCUT2D eigenvalue weighted by molar-refractivity contribution is -0.116. The maximum absolute atomic E-state index is 12.8. The van der Waals surface area contributed by atoms with E-state index in [1.165, 1.54) is 0 Å². The molecule has 2 atom stereocenters. The number of aromatic nitrogens is 1. The third-order valence-corrected chi connectivity index (χ3v) is 6.89. The number of carbonyl (C=O) groups excluding carboxylic acids is 1. The number of hydrogen-bond acceptors (Lipinski definition) is 5. The molecule has 0 aliphatic carbocycles. The second-order valence-electron chi connectivity index (χ2n) is 8.99. The summed E-state index contributed by atoms with van der Waals surface area (Å²) in [7, 11) is 0. The number of hydrogen-bond donors (Lipinski definition) is 3. The monoisotopic (exact) mass is 526 g/mol. The van der Waals surface area contributed by atoms with Gasteiger partial charge < -0.3 is 25.1 Å². The number of rotatable bonds is 8. The summed E-state index contributed by atoms with van der Waals surface area (Å²) in [5.74, 6) is -0.136. The van der Waals surface area contributed by atoms with Crippen LogP contribution < -0.4 is 10.6 Å². The summed E-state index contributed by atoms with van der Waals surface area (Å²) >= 11 is 5.69. The molecule has 0 spiro atoms. The fourth-order valence-corrected chi connectivity index (χ4v) is 4.98. The summed E-state index contributed by atoms with van der Waals surface area (Å²) in [5.41, 5.74) is 3.17. The molecule has 38 heavy (non-hydrogen) atoms. The number of nitrogens with one attached hydrogen (secondary N) is 2. The standard InChI is InChI=1S/C29H26N4O4S/c1-18-8-2-5-11-21(18)31-25(34)15-17-33-27(26(32-29(33)38)22-12-6-7-16-30-22)24-14-13-23(37-24)19-9-3-4-10-20(19)28(35)36/h2-14,16,26-27H,15,17H2,1H3,(H,31,34)(H,32,38)(H,35,36)/t26-,27+/m1/s1. The van der Waals surface area contributed by atoms with Gasteiger partial charge in [-0.2, -0.15) is 0 Å². The number of nitrogens with zero attached hydrogens (tertiary/aromatic N) is 2. The first-order chi connectivity index (χ1) is 18.4. The van der Waals surface area contributed by atoms with Crippen molar-refractivity contribution in [2.45, 2.75) is 25.4 Å². The molecule has 4 aromatic rings. The molecule has 5 rings (SSSR count). The van der Waals surface area contributed by atoms with E-state index in [4.69, 9.17) is 16.6 Å². The van der Waals surface area contributed by atoms with Gasteiger partial charge in [-0.05, 0) is 61.1 Å². The maximum atomic E-state index is 12.8. The van der Waals surface area contributed by atoms with Gasteiger partial charge in [-0.3, -0.25) is 9.78 Å². The Morgan fingerprint density at radius 2 is 1.82 bits per heavy atom. The van der Waals surface area contributed by atoms with Crippen molar-refractivity contribution in [3.05, 3.63) is 108 Å². The van der Waals surface area contributed by atoms with Gasteiger partial charge in [0.1, 0.15) is 17.6 Å². The normalized spacial score (nSPS) is 16.8. The summed E-state index contributed by atoms with van der Waals surface area (Å²) in [6, 6.07) is 22.8. The van der Waals surface area contributed by atoms with Crippen molar-refractivity contribution in [3.8, 4) is 11.3 Å². The highest BCUT2D eigenvalue weighted by Crippen LogP contribution is 2.40. The van der Waals surface area contributed by atoms with Gasteiger partial charge in [0.2, 0.25) is 5.91 Å². The molecular formula is C29H26N4O4S. The van der Waals surface area contributed by atoms with Crippen LogP contribution in [0.4, 0.5) is 5.69 Å². The van der Waals surface area contributed by atoms with Crippen LogP contribution in [0.25, 0.3) is 11.3 Å². The second kappa shape index (κ2) is 10.9. The van der Waals surface area contributed by atoms with Gasteiger partial charge in [0.25, 0.3) is 0 Å². The smallest absolute Gasteiger partial charge is 0.336 e. The molecule has 2 aromatic heterocycles. The number of aryl methyl sites for hydroxylation is 1. The molecule has 1 saturated heterocycles. The quantitative estimate of drug-likeness (QED) is 0.264. The van der Waals surface area contributed by atoms with Crippen molar-refractivity contribution in [1.29, 1.82) is 0 Å². The Labute approximate surface area is 225 Å². The lowest BCUT2D eigenvalue weighted by Gasteiger charge is -2.26. The second-order valence-corrected chi connectivity index (χ2v) is 9.37. The Morgan fingerprint density at radius 1 is 1.05 bits per heavy atom. The minimum absolute atomic E-state index is 0.127. The van der Waals surface area contributed by atoms with Gasteiger partial charge in [0.15, 0.2) is 5.11 Å². The number of para-hydroxylation sites is 1. The number of furan rings is 1. The molecule has 0 unspecified atom stereocenters. The van der Waals surface area contributed by atoms with Gasteiger partial charge in [-0.1, -0.05) is 42.5 Å². The number of aromatic carboxylic acids is 1. The first-order valence-corrected chi connectivity index (χ1v) is 12.6. The molecule has 1 amide bonds. The predicted octanol–water partition coefficient (Wildman–Crippen LogP) is 5.35. The van der Waals surface area contributed by atoms with Crippen LogP contribution >= 0.6 is 12.2 Å². The Bertz CT molecular complexity index is 1490. The van der Waals surface area contributed by atoms with E-state index in [1.807, 2.05) is 60.4 Å². The van der Waals surface area contributed by atoms with Crippen molar-refractivity contribution >= 4 is 34.9 Å². The summed E-state index contributed by atoms with van der Waals surface area (Å²) < 4.78 is 6.26. The Morgan fingerprint density at radius 3 is 2.58 bits per heavy atom. The topological polar surface area (TPSA) is 108 Å². The van der Waals surface area contributed by atoms with Crippen molar-refractivity contribution in [2.75, 3.05) is 11.9 Å². The molecular weight excluding hydrogens is 500 g/mol. The zero-order valence-electron chi connectivity index (χ0n) is 20.6. The van der Waals surface area contributed by atoms with Crippen LogP contribution in [0.1, 0.15) is 45.9 Å². The number of pyridine rings is 1. The molecule has 9 heteroatoms. The van der Waals surface area contributed by atoms with Crippen LogP contribution in [0.5, 0.6) is 0 Å². The van der Waals surface area contributed by atoms with Crippen molar-refractivity contribution < 1.29 is 19.1 Å². The number of anilines is 1. The number of benzene rings is 2. The predicted molar refractivity (Wildman–Crippen MR) is 148 cm³/mol. The average Bonchev–Trinajstić information content (AvgIpc) is 3.53. The largest absolute Gasteiger partial charge is 0.478 e. The van der Waals surface area contributed by atoms with Crippen molar-refractivity contribution in [1.82, 2.24) is 15.2 Å². The average molecular weight is 527 g/mol. The van der Waals surface area contributed by atoms with Gasteiger partial charge in [-0.15, -0.1) is 0 Å². The summed E-state index contributed by atoms with van der Waals surface area (Å²) in [4.78, 5) is 31.0. The van der Waals surface area contributed by atoms with Gasteiger partial charge >= 0.3 is 5.97 Å². The molecule has 1 fully saturated rings. The Balaban J connectivity index is 1.43. The highest BCUT2D eigenvalue weighted by Gasteiger charge is 2.41. The molecule has 192 valence electrons. The third-order valence-electron chi connectivity index (χ3n) is 6.54. The Kier molecular flexibility index (Phi) is 7.19. The number of carboxylic acids is 1. The van der Waals surface area contributed by atoms with Crippen molar-refractivity contribution in [2.24, 2.45) is 0 Å². The molecule has 1 aliphatic rings. The number of thiocarbonyl (C=S) groups is 1. The van der Waals surface area contributed by atoms with Gasteiger partial charge in [0.05, 0.1) is 17.3 Å². The van der Waals surface area contributed by atoms with E-state index < -0.39 is 12.0 Å². The molecule has 1 aliphatic heterocycles. The molecule has 3 heterocycles. The van der Waals surface area contributed by atoms with Crippen LogP contribution in [0, 0.1) is 6.92 Å². The lowest BCUT2D eigenvalue weighted by Crippen LogP contribution is -2.32. The van der Waals surface area contributed by atoms with Crippen LogP contribution in [0.2, 0.25) is 0 Å². The van der Waals surface area contributed by atoms with E-state index in [1.54, 1.807) is 36.5 Å².